The fraction of sp³-hybridized carbons (Fsp3) is 0.700. The normalized spacial score (nSPS) is 12.4. The summed E-state index contributed by atoms with van der Waals surface area (Å²) in [4.78, 5) is 11.7. The Bertz CT molecular complexity index is 396. The smallest absolute Gasteiger partial charge is 0.233 e. The number of aromatic nitrogens is 3. The molecule has 0 spiro atoms. The van der Waals surface area contributed by atoms with Gasteiger partial charge < -0.3 is 20.4 Å². The molecule has 1 aromatic rings. The first-order valence-electron chi connectivity index (χ1n) is 5.61. The zero-order valence-electron chi connectivity index (χ0n) is 10.8. The molecule has 1 aromatic heterocycles. The number of nitrogens with one attached hydrogen (secondary N) is 1. The van der Waals surface area contributed by atoms with Crippen molar-refractivity contribution in [3.63, 3.8) is 0 Å². The number of thioether (sulfide) groups is 1. The molecule has 0 aliphatic heterocycles. The lowest BCUT2D eigenvalue weighted by Crippen LogP contribution is -2.33. The average Bonchev–Trinajstić information content (AvgIpc) is 2.70. The summed E-state index contributed by atoms with van der Waals surface area (Å²) >= 11 is 1.35. The molecule has 1 atom stereocenters. The van der Waals surface area contributed by atoms with E-state index in [-0.39, 0.29) is 11.2 Å². The Kier molecular flexibility index (Phi) is 6.10. The molecule has 0 aliphatic rings. The van der Waals surface area contributed by atoms with Crippen molar-refractivity contribution in [1.82, 2.24) is 20.1 Å². The SMILES string of the molecule is COCCNC(=O)C(C)Sc1nnc(CN)n1C. The van der Waals surface area contributed by atoms with Crippen LogP contribution in [0.1, 0.15) is 12.7 Å². The van der Waals surface area contributed by atoms with E-state index in [0.717, 1.165) is 0 Å². The number of nitrogens with two attached hydrogens (primary N) is 1. The van der Waals surface area contributed by atoms with Crippen molar-refractivity contribution < 1.29 is 9.53 Å². The summed E-state index contributed by atoms with van der Waals surface area (Å²) in [6.45, 7) is 3.17. The van der Waals surface area contributed by atoms with Crippen LogP contribution in [-0.4, -0.2) is 46.2 Å². The largest absolute Gasteiger partial charge is 0.383 e. The van der Waals surface area contributed by atoms with Crippen LogP contribution in [0.3, 0.4) is 0 Å². The quantitative estimate of drug-likeness (QED) is 0.514. The van der Waals surface area contributed by atoms with Crippen LogP contribution >= 0.6 is 11.8 Å². The molecule has 7 nitrogen and oxygen atoms in total. The van der Waals surface area contributed by atoms with Crippen LogP contribution in [-0.2, 0) is 23.1 Å². The first-order valence-corrected chi connectivity index (χ1v) is 6.49. The van der Waals surface area contributed by atoms with Gasteiger partial charge in [-0.25, -0.2) is 0 Å². The van der Waals surface area contributed by atoms with Crippen molar-refractivity contribution in [3.8, 4) is 0 Å². The van der Waals surface area contributed by atoms with Gasteiger partial charge in [-0.05, 0) is 6.92 Å². The summed E-state index contributed by atoms with van der Waals surface area (Å²) in [7, 11) is 3.43. The second-order valence-corrected chi connectivity index (χ2v) is 5.01. The Morgan fingerprint density at radius 3 is 2.89 bits per heavy atom. The number of hydrogen-bond donors (Lipinski definition) is 2. The second kappa shape index (κ2) is 7.34. The Morgan fingerprint density at radius 2 is 2.33 bits per heavy atom. The molecular formula is C10H19N5O2S. The summed E-state index contributed by atoms with van der Waals surface area (Å²) in [6, 6.07) is 0. The van der Waals surface area contributed by atoms with E-state index < -0.39 is 0 Å². The Balaban J connectivity index is 2.50. The maximum atomic E-state index is 11.7. The molecule has 1 rings (SSSR count). The van der Waals surface area contributed by atoms with Gasteiger partial charge in [-0.3, -0.25) is 4.79 Å². The molecule has 0 saturated heterocycles. The minimum Gasteiger partial charge on any atom is -0.383 e. The zero-order valence-corrected chi connectivity index (χ0v) is 11.7. The van der Waals surface area contributed by atoms with E-state index in [1.165, 1.54) is 11.8 Å². The Labute approximate surface area is 110 Å². The third kappa shape index (κ3) is 3.97. The summed E-state index contributed by atoms with van der Waals surface area (Å²) < 4.78 is 6.66. The Hall–Kier alpha value is -1.12. The van der Waals surface area contributed by atoms with Gasteiger partial charge in [0.1, 0.15) is 5.82 Å². The molecule has 3 N–H and O–H groups in total. The van der Waals surface area contributed by atoms with Crippen LogP contribution in [0.2, 0.25) is 0 Å². The van der Waals surface area contributed by atoms with Crippen LogP contribution in [0.5, 0.6) is 0 Å². The molecule has 1 amide bonds. The number of carbonyl (C=O) groups excluding carboxylic acids is 1. The highest BCUT2D eigenvalue weighted by atomic mass is 32.2. The fourth-order valence-corrected chi connectivity index (χ4v) is 2.12. The fourth-order valence-electron chi connectivity index (χ4n) is 1.26. The van der Waals surface area contributed by atoms with E-state index >= 15 is 0 Å². The predicted molar refractivity (Wildman–Crippen MR) is 69.1 cm³/mol. The standard InChI is InChI=1S/C10H19N5O2S/c1-7(9(16)12-4-5-17-3)18-10-14-13-8(6-11)15(10)2/h7H,4-6,11H2,1-3H3,(H,12,16). The highest BCUT2D eigenvalue weighted by Crippen LogP contribution is 2.21. The number of methoxy groups -OCH3 is 1. The van der Waals surface area contributed by atoms with Crippen LogP contribution in [0.4, 0.5) is 0 Å². The second-order valence-electron chi connectivity index (χ2n) is 3.71. The van der Waals surface area contributed by atoms with Gasteiger partial charge >= 0.3 is 0 Å². The first-order chi connectivity index (χ1) is 8.60. The lowest BCUT2D eigenvalue weighted by molar-refractivity contribution is -0.120. The van der Waals surface area contributed by atoms with E-state index in [0.29, 0.717) is 30.7 Å². The summed E-state index contributed by atoms with van der Waals surface area (Å²) in [5, 5.41) is 11.2. The van der Waals surface area contributed by atoms with Crippen molar-refractivity contribution in [3.05, 3.63) is 5.82 Å². The lowest BCUT2D eigenvalue weighted by atomic mass is 10.4. The summed E-state index contributed by atoms with van der Waals surface area (Å²) in [5.74, 6) is 0.652. The van der Waals surface area contributed by atoms with Gasteiger partial charge in [-0.2, -0.15) is 0 Å². The third-order valence-corrected chi connectivity index (χ3v) is 3.50. The molecule has 0 aromatic carbocycles. The third-order valence-electron chi connectivity index (χ3n) is 2.36. The topological polar surface area (TPSA) is 95.1 Å². The van der Waals surface area contributed by atoms with E-state index in [1.807, 2.05) is 14.0 Å². The van der Waals surface area contributed by atoms with E-state index in [4.69, 9.17) is 10.5 Å². The number of nitrogens with zero attached hydrogens (tertiary/aromatic N) is 3. The average molecular weight is 273 g/mol. The van der Waals surface area contributed by atoms with Gasteiger partial charge in [-0.15, -0.1) is 10.2 Å². The van der Waals surface area contributed by atoms with Crippen LogP contribution in [0.15, 0.2) is 5.16 Å². The maximum Gasteiger partial charge on any atom is 0.233 e. The number of ether oxygens (including phenoxy) is 1. The monoisotopic (exact) mass is 273 g/mol. The molecule has 1 heterocycles. The van der Waals surface area contributed by atoms with Crippen molar-refractivity contribution >= 4 is 17.7 Å². The maximum absolute atomic E-state index is 11.7. The molecule has 1 unspecified atom stereocenters. The van der Waals surface area contributed by atoms with Gasteiger partial charge in [-0.1, -0.05) is 11.8 Å². The minimum atomic E-state index is -0.240. The minimum absolute atomic E-state index is 0.0469. The van der Waals surface area contributed by atoms with Crippen molar-refractivity contribution in [2.24, 2.45) is 12.8 Å². The van der Waals surface area contributed by atoms with Gasteiger partial charge in [0, 0.05) is 20.7 Å². The number of carbonyl (C=O) groups is 1. The molecule has 18 heavy (non-hydrogen) atoms. The molecule has 0 bridgehead atoms. The van der Waals surface area contributed by atoms with Gasteiger partial charge in [0.05, 0.1) is 18.4 Å². The van der Waals surface area contributed by atoms with E-state index in [9.17, 15) is 4.79 Å². The number of amides is 1. The zero-order chi connectivity index (χ0) is 13.5. The molecule has 0 saturated carbocycles. The molecule has 0 radical (unpaired) electrons. The summed E-state index contributed by atoms with van der Waals surface area (Å²) in [5.41, 5.74) is 5.51. The molecule has 8 heteroatoms. The predicted octanol–water partition coefficient (Wildman–Crippen LogP) is -0.483. The van der Waals surface area contributed by atoms with Gasteiger partial charge in [0.15, 0.2) is 5.16 Å². The van der Waals surface area contributed by atoms with Gasteiger partial charge in [0.25, 0.3) is 0 Å². The molecular weight excluding hydrogens is 254 g/mol. The summed E-state index contributed by atoms with van der Waals surface area (Å²) in [6.07, 6.45) is 0. The highest BCUT2D eigenvalue weighted by molar-refractivity contribution is 8.00. The van der Waals surface area contributed by atoms with Crippen molar-refractivity contribution in [2.45, 2.75) is 23.9 Å². The molecule has 102 valence electrons. The first kappa shape index (κ1) is 14.9. The Morgan fingerprint density at radius 1 is 1.61 bits per heavy atom. The van der Waals surface area contributed by atoms with Crippen molar-refractivity contribution in [1.29, 1.82) is 0 Å². The van der Waals surface area contributed by atoms with E-state index in [1.54, 1.807) is 11.7 Å². The highest BCUT2D eigenvalue weighted by Gasteiger charge is 2.17. The van der Waals surface area contributed by atoms with Crippen LogP contribution in [0, 0.1) is 0 Å². The number of rotatable bonds is 7. The molecule has 0 aliphatic carbocycles. The number of hydrogen-bond acceptors (Lipinski definition) is 6. The molecule has 0 fully saturated rings. The van der Waals surface area contributed by atoms with Gasteiger partial charge in [0.2, 0.25) is 5.91 Å². The van der Waals surface area contributed by atoms with Crippen LogP contribution in [0.25, 0.3) is 0 Å². The van der Waals surface area contributed by atoms with E-state index in [2.05, 4.69) is 15.5 Å². The van der Waals surface area contributed by atoms with Crippen molar-refractivity contribution in [2.75, 3.05) is 20.3 Å². The van der Waals surface area contributed by atoms with Crippen LogP contribution < -0.4 is 11.1 Å². The lowest BCUT2D eigenvalue weighted by Gasteiger charge is -2.11.